The summed E-state index contributed by atoms with van der Waals surface area (Å²) in [5, 5.41) is 5.85. The Morgan fingerprint density at radius 1 is 1.15 bits per heavy atom. The molecule has 0 aliphatic carbocycles. The van der Waals surface area contributed by atoms with Gasteiger partial charge in [0, 0.05) is 37.3 Å². The molecule has 1 aromatic heterocycles. The van der Waals surface area contributed by atoms with E-state index in [1.165, 1.54) is 24.3 Å². The molecule has 2 bridgehead atoms. The standard InChI is InChI=1S/C22H22Cl3FN4O3S/c23-22(24,25)20(27-18(31)12-33-16-6-4-15(26)5-7-16)28-21(34)29-9-13-8-14(11-29)17-2-1-3-19(32)30(17)10-13/h1-7,13-14,20H,8-12H2,(H,27,31)(H,28,34). The van der Waals surface area contributed by atoms with Gasteiger partial charge in [-0.3, -0.25) is 9.59 Å². The highest BCUT2D eigenvalue weighted by atomic mass is 35.6. The molecule has 7 nitrogen and oxygen atoms in total. The number of nitrogens with zero attached hydrogens (tertiary/aromatic N) is 2. The van der Waals surface area contributed by atoms with Gasteiger partial charge in [-0.2, -0.15) is 0 Å². The number of ether oxygens (including phenoxy) is 1. The Kier molecular flexibility index (Phi) is 7.57. The molecule has 3 heterocycles. The van der Waals surface area contributed by atoms with E-state index in [0.29, 0.717) is 30.5 Å². The number of alkyl halides is 3. The van der Waals surface area contributed by atoms with Crippen molar-refractivity contribution in [1.82, 2.24) is 20.1 Å². The Hall–Kier alpha value is -2.07. The highest BCUT2D eigenvalue weighted by Crippen LogP contribution is 2.35. The third-order valence-corrected chi connectivity index (χ3v) is 6.88. The zero-order valence-electron chi connectivity index (χ0n) is 17.8. The van der Waals surface area contributed by atoms with Gasteiger partial charge in [0.2, 0.25) is 3.79 Å². The lowest BCUT2D eigenvalue weighted by Crippen LogP contribution is -2.60. The quantitative estimate of drug-likeness (QED) is 0.340. The number of halogens is 4. The second kappa shape index (κ2) is 10.3. The van der Waals surface area contributed by atoms with Crippen LogP contribution in [0.25, 0.3) is 0 Å². The summed E-state index contributed by atoms with van der Waals surface area (Å²) in [7, 11) is 0. The Balaban J connectivity index is 1.38. The van der Waals surface area contributed by atoms with Crippen molar-refractivity contribution < 1.29 is 13.9 Å². The van der Waals surface area contributed by atoms with Gasteiger partial charge in [0.15, 0.2) is 11.7 Å². The first-order valence-corrected chi connectivity index (χ1v) is 12.1. The van der Waals surface area contributed by atoms with Crippen molar-refractivity contribution >= 4 is 58.0 Å². The number of hydrogen-bond donors (Lipinski definition) is 2. The van der Waals surface area contributed by atoms with Gasteiger partial charge >= 0.3 is 0 Å². The van der Waals surface area contributed by atoms with Crippen LogP contribution in [0.5, 0.6) is 5.75 Å². The number of thiocarbonyl (C=S) groups is 1. The zero-order valence-corrected chi connectivity index (χ0v) is 20.9. The fraction of sp³-hybridized carbons (Fsp3) is 0.409. The van der Waals surface area contributed by atoms with Gasteiger partial charge in [-0.05, 0) is 54.9 Å². The van der Waals surface area contributed by atoms with Gasteiger partial charge in [0.1, 0.15) is 17.7 Å². The van der Waals surface area contributed by atoms with Crippen molar-refractivity contribution in [3.05, 3.63) is 64.3 Å². The minimum Gasteiger partial charge on any atom is -0.484 e. The van der Waals surface area contributed by atoms with Crippen LogP contribution in [0.1, 0.15) is 18.0 Å². The zero-order chi connectivity index (χ0) is 24.5. The molecule has 4 rings (SSSR count). The number of carbonyl (C=O) groups excluding carboxylic acids is 1. The van der Waals surface area contributed by atoms with Crippen LogP contribution in [0.3, 0.4) is 0 Å². The van der Waals surface area contributed by atoms with Crippen molar-refractivity contribution in [3.63, 3.8) is 0 Å². The predicted molar refractivity (Wildman–Crippen MR) is 133 cm³/mol. The summed E-state index contributed by atoms with van der Waals surface area (Å²) in [6, 6.07) is 10.6. The first-order chi connectivity index (χ1) is 16.1. The summed E-state index contributed by atoms with van der Waals surface area (Å²) in [4.78, 5) is 26.6. The maximum atomic E-state index is 13.0. The third-order valence-electron chi connectivity index (χ3n) is 5.85. The molecule has 0 radical (unpaired) electrons. The summed E-state index contributed by atoms with van der Waals surface area (Å²) in [6.07, 6.45) is -0.153. The number of pyridine rings is 1. The lowest BCUT2D eigenvalue weighted by Gasteiger charge is -2.44. The van der Waals surface area contributed by atoms with Crippen molar-refractivity contribution in [2.75, 3.05) is 19.7 Å². The Morgan fingerprint density at radius 2 is 1.88 bits per heavy atom. The molecule has 34 heavy (non-hydrogen) atoms. The molecule has 1 amide bonds. The highest BCUT2D eigenvalue weighted by Gasteiger charge is 2.38. The minimum absolute atomic E-state index is 0.00295. The maximum absolute atomic E-state index is 13.0. The van der Waals surface area contributed by atoms with E-state index in [1.807, 2.05) is 15.5 Å². The SMILES string of the molecule is O=C(COc1ccc(F)cc1)NC(NC(=S)N1CC2CC(C1)c1cccc(=O)n1C2)C(Cl)(Cl)Cl. The van der Waals surface area contributed by atoms with Crippen molar-refractivity contribution in [1.29, 1.82) is 0 Å². The molecular formula is C22H22Cl3FN4O3S. The maximum Gasteiger partial charge on any atom is 0.259 e. The number of rotatable bonds is 5. The van der Waals surface area contributed by atoms with Crippen LogP contribution in [0, 0.1) is 11.7 Å². The average Bonchev–Trinajstić information content (AvgIpc) is 2.78. The van der Waals surface area contributed by atoms with Crippen LogP contribution in [0.15, 0.2) is 47.3 Å². The van der Waals surface area contributed by atoms with E-state index in [4.69, 9.17) is 51.8 Å². The van der Waals surface area contributed by atoms with Gasteiger partial charge in [-0.15, -0.1) is 0 Å². The van der Waals surface area contributed by atoms with Gasteiger partial charge in [-0.1, -0.05) is 40.9 Å². The van der Waals surface area contributed by atoms with Crippen LogP contribution in [-0.4, -0.2) is 50.1 Å². The molecule has 1 fully saturated rings. The van der Waals surface area contributed by atoms with E-state index in [1.54, 1.807) is 12.1 Å². The second-order valence-electron chi connectivity index (χ2n) is 8.34. The molecule has 12 heteroatoms. The van der Waals surface area contributed by atoms with Gasteiger partial charge in [0.25, 0.3) is 11.5 Å². The normalized spacial score (nSPS) is 20.2. The molecule has 2 aromatic rings. The van der Waals surface area contributed by atoms with Crippen molar-refractivity contribution in [3.8, 4) is 5.75 Å². The Morgan fingerprint density at radius 3 is 2.59 bits per heavy atom. The first-order valence-electron chi connectivity index (χ1n) is 10.6. The monoisotopic (exact) mass is 546 g/mol. The molecule has 3 unspecified atom stereocenters. The van der Waals surface area contributed by atoms with Crippen LogP contribution >= 0.6 is 47.0 Å². The lowest BCUT2D eigenvalue weighted by atomic mass is 9.83. The fourth-order valence-electron chi connectivity index (χ4n) is 4.36. The lowest BCUT2D eigenvalue weighted by molar-refractivity contribution is -0.123. The van der Waals surface area contributed by atoms with Crippen molar-refractivity contribution in [2.24, 2.45) is 5.92 Å². The summed E-state index contributed by atoms with van der Waals surface area (Å²) in [5.74, 6) is -0.255. The molecule has 2 N–H and O–H groups in total. The van der Waals surface area contributed by atoms with Crippen LogP contribution in [0.4, 0.5) is 4.39 Å². The number of hydrogen-bond acceptors (Lipinski definition) is 4. The molecule has 2 aliphatic heterocycles. The molecule has 0 saturated carbocycles. The second-order valence-corrected chi connectivity index (χ2v) is 11.1. The van der Waals surface area contributed by atoms with Crippen molar-refractivity contribution in [2.45, 2.75) is 28.8 Å². The van der Waals surface area contributed by atoms with E-state index < -0.39 is 21.7 Å². The van der Waals surface area contributed by atoms with E-state index in [2.05, 4.69) is 10.6 Å². The number of amides is 1. The van der Waals surface area contributed by atoms with Gasteiger partial charge in [0.05, 0.1) is 0 Å². The van der Waals surface area contributed by atoms with E-state index in [-0.39, 0.29) is 24.0 Å². The molecule has 3 atom stereocenters. The third kappa shape index (κ3) is 5.94. The average molecular weight is 548 g/mol. The van der Waals surface area contributed by atoms with Gasteiger partial charge < -0.3 is 24.8 Å². The Bertz CT molecular complexity index is 1130. The number of benzene rings is 1. The predicted octanol–water partition coefficient (Wildman–Crippen LogP) is 3.17. The van der Waals surface area contributed by atoms with Crippen LogP contribution in [0.2, 0.25) is 0 Å². The summed E-state index contributed by atoms with van der Waals surface area (Å²) < 4.78 is 18.3. The molecule has 2 aliphatic rings. The largest absolute Gasteiger partial charge is 0.484 e. The number of carbonyl (C=O) groups is 1. The number of aromatic nitrogens is 1. The first kappa shape index (κ1) is 25.0. The summed E-state index contributed by atoms with van der Waals surface area (Å²) in [6.45, 7) is 1.49. The summed E-state index contributed by atoms with van der Waals surface area (Å²) in [5.41, 5.74) is 0.989. The van der Waals surface area contributed by atoms with E-state index >= 15 is 0 Å². The highest BCUT2D eigenvalue weighted by molar-refractivity contribution is 7.80. The Labute approximate surface area is 216 Å². The molecule has 1 aromatic carbocycles. The molecule has 0 spiro atoms. The number of likely N-dealkylation sites (tertiary alicyclic amines) is 1. The molecule has 1 saturated heterocycles. The number of nitrogens with one attached hydrogen (secondary N) is 2. The number of fused-ring (bicyclic) bond motifs is 4. The van der Waals surface area contributed by atoms with Crippen LogP contribution < -0.4 is 20.9 Å². The van der Waals surface area contributed by atoms with Gasteiger partial charge in [-0.25, -0.2) is 4.39 Å². The fourth-order valence-corrected chi connectivity index (χ4v) is 4.95. The number of piperidine rings is 1. The molecular weight excluding hydrogens is 526 g/mol. The summed E-state index contributed by atoms with van der Waals surface area (Å²) >= 11 is 23.9. The minimum atomic E-state index is -1.90. The van der Waals surface area contributed by atoms with E-state index in [9.17, 15) is 14.0 Å². The van der Waals surface area contributed by atoms with E-state index in [0.717, 1.165) is 12.1 Å². The topological polar surface area (TPSA) is 75.6 Å². The van der Waals surface area contributed by atoms with Crippen LogP contribution in [-0.2, 0) is 11.3 Å². The smallest absolute Gasteiger partial charge is 0.259 e. The molecule has 182 valence electrons.